The molecule has 0 amide bonds. The molecule has 1 fully saturated rings. The van der Waals surface area contributed by atoms with Crippen molar-refractivity contribution in [2.75, 3.05) is 13.1 Å². The average Bonchev–Trinajstić information content (AvgIpc) is 2.72. The van der Waals surface area contributed by atoms with Crippen LogP contribution in [0.15, 0.2) is 30.8 Å². The first-order valence-corrected chi connectivity index (χ1v) is 5.32. The molecule has 14 heavy (non-hydrogen) atoms. The minimum atomic E-state index is 1.11. The molecule has 0 saturated carbocycles. The summed E-state index contributed by atoms with van der Waals surface area (Å²) in [5.41, 5.74) is 2.62. The number of hydrogen-bond donors (Lipinski definition) is 0. The summed E-state index contributed by atoms with van der Waals surface area (Å²) >= 11 is 0. The lowest BCUT2D eigenvalue weighted by atomic mass is 10.1. The molecule has 0 bridgehead atoms. The van der Waals surface area contributed by atoms with Crippen LogP contribution in [0.4, 0.5) is 0 Å². The molecule has 1 aromatic rings. The SMILES string of the molecule is C=Cc1ccc(CN2CCCC2)cc1. The predicted octanol–water partition coefficient (Wildman–Crippen LogP) is 2.93. The molecule has 1 aliphatic rings. The van der Waals surface area contributed by atoms with Gasteiger partial charge in [0.15, 0.2) is 0 Å². The average molecular weight is 187 g/mol. The van der Waals surface area contributed by atoms with E-state index in [4.69, 9.17) is 0 Å². The molecule has 0 N–H and O–H groups in total. The molecule has 1 saturated heterocycles. The summed E-state index contributed by atoms with van der Waals surface area (Å²) in [6.45, 7) is 7.40. The third-order valence-electron chi connectivity index (χ3n) is 2.82. The van der Waals surface area contributed by atoms with Crippen LogP contribution in [0.2, 0.25) is 0 Å². The van der Waals surface area contributed by atoms with Crippen molar-refractivity contribution in [1.82, 2.24) is 4.90 Å². The molecule has 0 unspecified atom stereocenters. The van der Waals surface area contributed by atoms with Crippen LogP contribution in [0.3, 0.4) is 0 Å². The normalized spacial score (nSPS) is 17.1. The molecule has 0 atom stereocenters. The number of rotatable bonds is 3. The lowest BCUT2D eigenvalue weighted by Crippen LogP contribution is -2.18. The fraction of sp³-hybridized carbons (Fsp3) is 0.385. The Balaban J connectivity index is 1.98. The lowest BCUT2D eigenvalue weighted by molar-refractivity contribution is 0.331. The maximum absolute atomic E-state index is 3.75. The zero-order valence-corrected chi connectivity index (χ0v) is 8.58. The van der Waals surface area contributed by atoms with Crippen molar-refractivity contribution < 1.29 is 0 Å². The van der Waals surface area contributed by atoms with Crippen molar-refractivity contribution in [3.05, 3.63) is 42.0 Å². The Morgan fingerprint density at radius 2 is 1.79 bits per heavy atom. The number of likely N-dealkylation sites (tertiary alicyclic amines) is 1. The third kappa shape index (κ3) is 2.24. The van der Waals surface area contributed by atoms with E-state index in [1.807, 2.05) is 6.08 Å². The molecule has 0 aromatic heterocycles. The van der Waals surface area contributed by atoms with Gasteiger partial charge in [-0.25, -0.2) is 0 Å². The van der Waals surface area contributed by atoms with Gasteiger partial charge in [0.2, 0.25) is 0 Å². The molecular formula is C13H17N. The van der Waals surface area contributed by atoms with Crippen LogP contribution in [0.1, 0.15) is 24.0 Å². The van der Waals surface area contributed by atoms with E-state index >= 15 is 0 Å². The van der Waals surface area contributed by atoms with E-state index in [2.05, 4.69) is 35.7 Å². The topological polar surface area (TPSA) is 3.24 Å². The maximum Gasteiger partial charge on any atom is 0.0233 e. The highest BCUT2D eigenvalue weighted by Gasteiger charge is 2.10. The minimum Gasteiger partial charge on any atom is -0.299 e. The van der Waals surface area contributed by atoms with Gasteiger partial charge in [-0.1, -0.05) is 36.9 Å². The van der Waals surface area contributed by atoms with Crippen molar-refractivity contribution >= 4 is 6.08 Å². The molecule has 1 heteroatoms. The molecule has 1 heterocycles. The lowest BCUT2D eigenvalue weighted by Gasteiger charge is -2.14. The zero-order valence-electron chi connectivity index (χ0n) is 8.58. The Bertz CT molecular complexity index is 294. The van der Waals surface area contributed by atoms with Crippen LogP contribution in [0.25, 0.3) is 6.08 Å². The summed E-state index contributed by atoms with van der Waals surface area (Å²) in [5.74, 6) is 0. The molecule has 74 valence electrons. The summed E-state index contributed by atoms with van der Waals surface area (Å²) < 4.78 is 0. The fourth-order valence-electron chi connectivity index (χ4n) is 1.96. The Morgan fingerprint density at radius 3 is 2.36 bits per heavy atom. The predicted molar refractivity (Wildman–Crippen MR) is 61.0 cm³/mol. The Morgan fingerprint density at radius 1 is 1.14 bits per heavy atom. The van der Waals surface area contributed by atoms with Crippen molar-refractivity contribution in [2.24, 2.45) is 0 Å². The monoisotopic (exact) mass is 187 g/mol. The van der Waals surface area contributed by atoms with Gasteiger partial charge in [0.25, 0.3) is 0 Å². The first-order chi connectivity index (χ1) is 6.88. The van der Waals surface area contributed by atoms with Crippen LogP contribution in [-0.4, -0.2) is 18.0 Å². The summed E-state index contributed by atoms with van der Waals surface area (Å²) in [5, 5.41) is 0. The van der Waals surface area contributed by atoms with Crippen LogP contribution in [0.5, 0.6) is 0 Å². The van der Waals surface area contributed by atoms with Crippen LogP contribution < -0.4 is 0 Å². The largest absolute Gasteiger partial charge is 0.299 e. The van der Waals surface area contributed by atoms with E-state index < -0.39 is 0 Å². The highest BCUT2D eigenvalue weighted by molar-refractivity contribution is 5.47. The molecule has 1 nitrogen and oxygen atoms in total. The molecule has 0 aliphatic carbocycles. The first-order valence-electron chi connectivity index (χ1n) is 5.32. The molecule has 2 rings (SSSR count). The number of nitrogens with zero attached hydrogens (tertiary/aromatic N) is 1. The minimum absolute atomic E-state index is 1.11. The van der Waals surface area contributed by atoms with Gasteiger partial charge in [-0.2, -0.15) is 0 Å². The van der Waals surface area contributed by atoms with Gasteiger partial charge in [0.1, 0.15) is 0 Å². The van der Waals surface area contributed by atoms with Gasteiger partial charge in [-0.3, -0.25) is 4.90 Å². The molecule has 0 radical (unpaired) electrons. The van der Waals surface area contributed by atoms with E-state index in [-0.39, 0.29) is 0 Å². The van der Waals surface area contributed by atoms with Gasteiger partial charge >= 0.3 is 0 Å². The maximum atomic E-state index is 3.75. The van der Waals surface area contributed by atoms with Crippen molar-refractivity contribution in [2.45, 2.75) is 19.4 Å². The smallest absolute Gasteiger partial charge is 0.0233 e. The van der Waals surface area contributed by atoms with Gasteiger partial charge in [0, 0.05) is 6.54 Å². The first kappa shape index (κ1) is 9.47. The van der Waals surface area contributed by atoms with E-state index in [1.54, 1.807) is 0 Å². The summed E-state index contributed by atoms with van der Waals surface area (Å²) in [4.78, 5) is 2.52. The van der Waals surface area contributed by atoms with Gasteiger partial charge < -0.3 is 0 Å². The highest BCUT2D eigenvalue weighted by atomic mass is 15.1. The summed E-state index contributed by atoms with van der Waals surface area (Å²) in [6, 6.07) is 8.68. The molecular weight excluding hydrogens is 170 g/mol. The van der Waals surface area contributed by atoms with Crippen LogP contribution >= 0.6 is 0 Å². The van der Waals surface area contributed by atoms with E-state index in [9.17, 15) is 0 Å². The third-order valence-corrected chi connectivity index (χ3v) is 2.82. The van der Waals surface area contributed by atoms with Gasteiger partial charge in [-0.15, -0.1) is 0 Å². The van der Waals surface area contributed by atoms with E-state index in [1.165, 1.54) is 37.1 Å². The quantitative estimate of drug-likeness (QED) is 0.703. The van der Waals surface area contributed by atoms with Crippen LogP contribution in [-0.2, 0) is 6.54 Å². The molecule has 0 spiro atoms. The number of benzene rings is 1. The van der Waals surface area contributed by atoms with E-state index in [0.717, 1.165) is 6.54 Å². The molecule has 1 aliphatic heterocycles. The Labute approximate surface area is 86.1 Å². The second-order valence-electron chi connectivity index (χ2n) is 3.93. The van der Waals surface area contributed by atoms with Crippen LogP contribution in [0, 0.1) is 0 Å². The standard InChI is InChI=1S/C13H17N/c1-2-12-5-7-13(8-6-12)11-14-9-3-4-10-14/h2,5-8H,1,3-4,9-11H2. The van der Waals surface area contributed by atoms with Crippen molar-refractivity contribution in [3.63, 3.8) is 0 Å². The Hall–Kier alpha value is -1.08. The Kier molecular flexibility index (Phi) is 3.00. The molecule has 1 aromatic carbocycles. The van der Waals surface area contributed by atoms with Gasteiger partial charge in [-0.05, 0) is 37.1 Å². The second-order valence-corrected chi connectivity index (χ2v) is 3.93. The van der Waals surface area contributed by atoms with Crippen molar-refractivity contribution in [3.8, 4) is 0 Å². The second kappa shape index (κ2) is 4.43. The summed E-state index contributed by atoms with van der Waals surface area (Å²) in [6.07, 6.45) is 4.62. The highest BCUT2D eigenvalue weighted by Crippen LogP contribution is 2.13. The number of hydrogen-bond acceptors (Lipinski definition) is 1. The van der Waals surface area contributed by atoms with E-state index in [0.29, 0.717) is 0 Å². The van der Waals surface area contributed by atoms with Gasteiger partial charge in [0.05, 0.1) is 0 Å². The fourth-order valence-corrected chi connectivity index (χ4v) is 1.96. The summed E-state index contributed by atoms with van der Waals surface area (Å²) in [7, 11) is 0. The zero-order chi connectivity index (χ0) is 9.80. The van der Waals surface area contributed by atoms with Crippen molar-refractivity contribution in [1.29, 1.82) is 0 Å².